The van der Waals surface area contributed by atoms with Crippen LogP contribution in [0.2, 0.25) is 0 Å². The van der Waals surface area contributed by atoms with Crippen molar-refractivity contribution < 1.29 is 9.59 Å². The molecule has 2 aromatic rings. The van der Waals surface area contributed by atoms with Crippen molar-refractivity contribution >= 4 is 11.8 Å². The molecule has 36 heavy (non-hydrogen) atoms. The Balaban J connectivity index is 1.19. The van der Waals surface area contributed by atoms with Gasteiger partial charge in [-0.05, 0) is 36.8 Å². The van der Waals surface area contributed by atoms with Crippen molar-refractivity contribution in [3.8, 4) is 0 Å². The third kappa shape index (κ3) is 8.45. The summed E-state index contributed by atoms with van der Waals surface area (Å²) in [6, 6.07) is 21.6. The Hall–Kier alpha value is -2.70. The molecule has 2 saturated carbocycles. The van der Waals surface area contributed by atoms with Gasteiger partial charge in [0, 0.05) is 50.1 Å². The van der Waals surface area contributed by atoms with E-state index in [9.17, 15) is 9.59 Å². The van der Waals surface area contributed by atoms with Crippen molar-refractivity contribution in [1.82, 2.24) is 21.3 Å². The standard InChI is InChI=1S/C30H42N4O2/c35-29(33-27-17-9-7-15-25(27)31-21-23-11-3-1-4-12-23)19-20-30(36)34-28-18-10-8-16-26(28)32-22-24-13-5-2-6-14-24/h1-6,11-14,25-28,31-32H,7-10,15-22H2,(H,33,35)(H,34,36)/t25-,26-,27-,28-/m1/s1. The van der Waals surface area contributed by atoms with E-state index in [2.05, 4.69) is 69.8 Å². The molecule has 0 bridgehead atoms. The van der Waals surface area contributed by atoms with Crippen LogP contribution in [0.25, 0.3) is 0 Å². The molecule has 4 rings (SSSR count). The van der Waals surface area contributed by atoms with Gasteiger partial charge in [-0.25, -0.2) is 0 Å². The van der Waals surface area contributed by atoms with E-state index in [1.54, 1.807) is 0 Å². The largest absolute Gasteiger partial charge is 0.352 e. The van der Waals surface area contributed by atoms with E-state index in [1.165, 1.54) is 24.0 Å². The van der Waals surface area contributed by atoms with E-state index in [0.29, 0.717) is 0 Å². The van der Waals surface area contributed by atoms with E-state index >= 15 is 0 Å². The Morgan fingerprint density at radius 1 is 0.556 bits per heavy atom. The number of hydrogen-bond acceptors (Lipinski definition) is 4. The molecule has 4 atom stereocenters. The summed E-state index contributed by atoms with van der Waals surface area (Å²) < 4.78 is 0. The maximum Gasteiger partial charge on any atom is 0.220 e. The molecule has 0 saturated heterocycles. The molecule has 2 aliphatic rings. The number of rotatable bonds is 11. The molecule has 0 aliphatic heterocycles. The lowest BCUT2D eigenvalue weighted by Gasteiger charge is -2.33. The fourth-order valence-corrected chi connectivity index (χ4v) is 5.57. The lowest BCUT2D eigenvalue weighted by Crippen LogP contribution is -2.52. The average molecular weight is 491 g/mol. The van der Waals surface area contributed by atoms with Gasteiger partial charge >= 0.3 is 0 Å². The molecule has 0 radical (unpaired) electrons. The summed E-state index contributed by atoms with van der Waals surface area (Å²) in [5.41, 5.74) is 2.51. The van der Waals surface area contributed by atoms with Crippen LogP contribution in [-0.4, -0.2) is 36.0 Å². The van der Waals surface area contributed by atoms with Crippen molar-refractivity contribution in [1.29, 1.82) is 0 Å². The lowest BCUT2D eigenvalue weighted by atomic mass is 9.89. The topological polar surface area (TPSA) is 82.3 Å². The van der Waals surface area contributed by atoms with Gasteiger partial charge in [-0.2, -0.15) is 0 Å². The molecule has 0 spiro atoms. The minimum absolute atomic E-state index is 0.0223. The number of carbonyl (C=O) groups is 2. The van der Waals surface area contributed by atoms with Crippen molar-refractivity contribution in [3.05, 3.63) is 71.8 Å². The third-order valence-corrected chi connectivity index (χ3v) is 7.63. The number of amides is 2. The molecule has 0 aromatic heterocycles. The molecular formula is C30H42N4O2. The van der Waals surface area contributed by atoms with Crippen LogP contribution in [0.1, 0.15) is 75.3 Å². The van der Waals surface area contributed by atoms with Crippen molar-refractivity contribution in [2.75, 3.05) is 0 Å². The van der Waals surface area contributed by atoms with E-state index in [1.807, 2.05) is 12.1 Å². The van der Waals surface area contributed by atoms with Crippen LogP contribution in [0.15, 0.2) is 60.7 Å². The summed E-state index contributed by atoms with van der Waals surface area (Å²) in [6.07, 6.45) is 9.22. The maximum absolute atomic E-state index is 12.7. The summed E-state index contributed by atoms with van der Waals surface area (Å²) in [6.45, 7) is 1.61. The van der Waals surface area contributed by atoms with Crippen molar-refractivity contribution in [2.45, 2.75) is 101 Å². The van der Waals surface area contributed by atoms with Crippen molar-refractivity contribution in [3.63, 3.8) is 0 Å². The Morgan fingerprint density at radius 3 is 1.31 bits per heavy atom. The normalized spacial score (nSPS) is 24.1. The quantitative estimate of drug-likeness (QED) is 0.381. The zero-order chi connectivity index (χ0) is 25.0. The molecular weight excluding hydrogens is 448 g/mol. The highest BCUT2D eigenvalue weighted by Gasteiger charge is 2.28. The van der Waals surface area contributed by atoms with Crippen LogP contribution in [0.3, 0.4) is 0 Å². The summed E-state index contributed by atoms with van der Waals surface area (Å²) in [7, 11) is 0. The zero-order valence-electron chi connectivity index (χ0n) is 21.4. The first kappa shape index (κ1) is 26.4. The molecule has 6 nitrogen and oxygen atoms in total. The minimum Gasteiger partial charge on any atom is -0.352 e. The SMILES string of the molecule is O=C(CCC(=O)N[C@@H]1CCCC[C@H]1NCc1ccccc1)N[C@@H]1CCCC[C@H]1NCc1ccccc1. The predicted octanol–water partition coefficient (Wildman–Crippen LogP) is 4.20. The van der Waals surface area contributed by atoms with E-state index in [4.69, 9.17) is 0 Å². The van der Waals surface area contributed by atoms with Crippen LogP contribution in [0.4, 0.5) is 0 Å². The molecule has 2 aliphatic carbocycles. The van der Waals surface area contributed by atoms with E-state index in [-0.39, 0.29) is 48.8 Å². The molecule has 2 aromatic carbocycles. The van der Waals surface area contributed by atoms with Gasteiger partial charge in [0.1, 0.15) is 0 Å². The van der Waals surface area contributed by atoms with Crippen LogP contribution in [0.5, 0.6) is 0 Å². The highest BCUT2D eigenvalue weighted by Crippen LogP contribution is 2.21. The minimum atomic E-state index is -0.0223. The van der Waals surface area contributed by atoms with Gasteiger partial charge in [0.15, 0.2) is 0 Å². The highest BCUT2D eigenvalue weighted by molar-refractivity contribution is 5.84. The van der Waals surface area contributed by atoms with E-state index < -0.39 is 0 Å². The lowest BCUT2D eigenvalue weighted by molar-refractivity contribution is -0.127. The van der Waals surface area contributed by atoms with Crippen LogP contribution in [0, 0.1) is 0 Å². The van der Waals surface area contributed by atoms with Gasteiger partial charge in [0.05, 0.1) is 0 Å². The second-order valence-electron chi connectivity index (χ2n) is 10.4. The zero-order valence-corrected chi connectivity index (χ0v) is 21.4. The molecule has 2 fully saturated rings. The Morgan fingerprint density at radius 2 is 0.917 bits per heavy atom. The van der Waals surface area contributed by atoms with Gasteiger partial charge in [0.25, 0.3) is 0 Å². The van der Waals surface area contributed by atoms with Gasteiger partial charge in [0.2, 0.25) is 11.8 Å². The first-order valence-electron chi connectivity index (χ1n) is 13.8. The first-order valence-corrected chi connectivity index (χ1v) is 13.8. The van der Waals surface area contributed by atoms with Crippen molar-refractivity contribution in [2.24, 2.45) is 0 Å². The van der Waals surface area contributed by atoms with E-state index in [0.717, 1.165) is 51.6 Å². The second kappa shape index (κ2) is 14.1. The number of nitrogens with one attached hydrogen (secondary N) is 4. The van der Waals surface area contributed by atoms with Crippen LogP contribution >= 0.6 is 0 Å². The third-order valence-electron chi connectivity index (χ3n) is 7.63. The fraction of sp³-hybridized carbons (Fsp3) is 0.533. The molecule has 194 valence electrons. The number of hydrogen-bond donors (Lipinski definition) is 4. The summed E-state index contributed by atoms with van der Waals surface area (Å²) in [5.74, 6) is -0.0445. The predicted molar refractivity (Wildman–Crippen MR) is 144 cm³/mol. The van der Waals surface area contributed by atoms with Gasteiger partial charge < -0.3 is 21.3 Å². The van der Waals surface area contributed by atoms with Gasteiger partial charge in [-0.3, -0.25) is 9.59 Å². The number of benzene rings is 2. The summed E-state index contributed by atoms with van der Waals surface area (Å²) in [4.78, 5) is 25.4. The molecule has 0 heterocycles. The first-order chi connectivity index (χ1) is 17.7. The Kier molecular flexibility index (Phi) is 10.4. The molecule has 6 heteroatoms. The molecule has 4 N–H and O–H groups in total. The Labute approximate surface area is 216 Å². The number of carbonyl (C=O) groups excluding carboxylic acids is 2. The smallest absolute Gasteiger partial charge is 0.220 e. The van der Waals surface area contributed by atoms with Gasteiger partial charge in [-0.15, -0.1) is 0 Å². The maximum atomic E-state index is 12.7. The van der Waals surface area contributed by atoms with Crippen LogP contribution in [-0.2, 0) is 22.7 Å². The summed E-state index contributed by atoms with van der Waals surface area (Å²) in [5, 5.41) is 13.7. The fourth-order valence-electron chi connectivity index (χ4n) is 5.57. The summed E-state index contributed by atoms with van der Waals surface area (Å²) >= 11 is 0. The average Bonchev–Trinajstić information content (AvgIpc) is 2.92. The van der Waals surface area contributed by atoms with Gasteiger partial charge in [-0.1, -0.05) is 86.3 Å². The highest BCUT2D eigenvalue weighted by atomic mass is 16.2. The molecule has 2 amide bonds. The Bertz CT molecular complexity index is 859. The molecule has 0 unspecified atom stereocenters. The van der Waals surface area contributed by atoms with Crippen LogP contribution < -0.4 is 21.3 Å². The second-order valence-corrected chi connectivity index (χ2v) is 10.4. The monoisotopic (exact) mass is 490 g/mol.